The van der Waals surface area contributed by atoms with Gasteiger partial charge in [-0.25, -0.2) is 4.79 Å². The molecule has 180 valence electrons. The Hall–Kier alpha value is -3.10. The van der Waals surface area contributed by atoms with Crippen molar-refractivity contribution in [2.24, 2.45) is 5.92 Å². The molecule has 1 saturated heterocycles. The van der Waals surface area contributed by atoms with Crippen LogP contribution in [-0.2, 0) is 16.0 Å². The third-order valence-corrected chi connectivity index (χ3v) is 5.35. The first-order valence-corrected chi connectivity index (χ1v) is 11.5. The molecule has 2 heterocycles. The molecule has 0 radical (unpaired) electrons. The first-order valence-electron chi connectivity index (χ1n) is 11.5. The van der Waals surface area contributed by atoms with Crippen molar-refractivity contribution in [2.75, 3.05) is 26.2 Å². The molecular weight excluding hydrogens is 424 g/mol. The van der Waals surface area contributed by atoms with Gasteiger partial charge in [0.05, 0.1) is 6.61 Å². The molecule has 3 rings (SSSR count). The monoisotopic (exact) mass is 458 g/mol. The number of likely N-dealkylation sites (tertiary alicyclic amines) is 1. The third kappa shape index (κ3) is 7.76. The van der Waals surface area contributed by atoms with Gasteiger partial charge < -0.3 is 24.2 Å². The Bertz CT molecular complexity index is 912. The second kappa shape index (κ2) is 11.2. The van der Waals surface area contributed by atoms with E-state index in [1.807, 2.05) is 56.9 Å². The Kier molecular flexibility index (Phi) is 8.30. The van der Waals surface area contributed by atoms with E-state index >= 15 is 0 Å². The van der Waals surface area contributed by atoms with Gasteiger partial charge in [0.1, 0.15) is 11.4 Å². The molecule has 9 heteroatoms. The van der Waals surface area contributed by atoms with Gasteiger partial charge in [0, 0.05) is 38.0 Å². The topological polar surface area (TPSA) is 107 Å². The van der Waals surface area contributed by atoms with Gasteiger partial charge >= 0.3 is 6.09 Å². The van der Waals surface area contributed by atoms with Crippen LogP contribution in [0.1, 0.15) is 52.8 Å². The average molecular weight is 459 g/mol. The van der Waals surface area contributed by atoms with Crippen LogP contribution in [0.15, 0.2) is 28.8 Å². The number of aryl methyl sites for hydroxylation is 1. The fraction of sp³-hybridized carbons (Fsp3) is 0.583. The SMILES string of the molecule is CCOc1ccc(-c2noc(CCC(=O)N3CCC(CNC(=O)OC(C)(C)C)CC3)n2)cc1. The van der Waals surface area contributed by atoms with Crippen LogP contribution >= 0.6 is 0 Å². The first-order chi connectivity index (χ1) is 15.7. The molecule has 1 aromatic carbocycles. The number of nitrogens with zero attached hydrogens (tertiary/aromatic N) is 3. The molecule has 0 unspecified atom stereocenters. The summed E-state index contributed by atoms with van der Waals surface area (Å²) in [5.74, 6) is 2.16. The largest absolute Gasteiger partial charge is 0.494 e. The lowest BCUT2D eigenvalue weighted by Gasteiger charge is -2.32. The fourth-order valence-corrected chi connectivity index (χ4v) is 3.64. The standard InChI is InChI=1S/C24H34N4O5/c1-5-31-19-8-6-18(7-9-19)22-26-20(33-27-22)10-11-21(29)28-14-12-17(13-15-28)16-25-23(30)32-24(2,3)4/h6-9,17H,5,10-16H2,1-4H3,(H,25,30). The second-order valence-corrected chi connectivity index (χ2v) is 9.18. The van der Waals surface area contributed by atoms with E-state index in [2.05, 4.69) is 15.5 Å². The zero-order valence-electron chi connectivity index (χ0n) is 19.9. The number of benzene rings is 1. The molecule has 9 nitrogen and oxygen atoms in total. The van der Waals surface area contributed by atoms with Gasteiger partial charge in [-0.3, -0.25) is 4.79 Å². The number of nitrogens with one attached hydrogen (secondary N) is 1. The number of ether oxygens (including phenoxy) is 2. The van der Waals surface area contributed by atoms with E-state index in [1.54, 1.807) is 0 Å². The molecule has 2 amide bonds. The van der Waals surface area contributed by atoms with Crippen molar-refractivity contribution < 1.29 is 23.6 Å². The van der Waals surface area contributed by atoms with Crippen molar-refractivity contribution in [3.63, 3.8) is 0 Å². The molecule has 1 aromatic heterocycles. The molecule has 1 fully saturated rings. The molecule has 0 saturated carbocycles. The quantitative estimate of drug-likeness (QED) is 0.641. The average Bonchev–Trinajstić information content (AvgIpc) is 3.25. The van der Waals surface area contributed by atoms with Gasteiger partial charge in [0.25, 0.3) is 0 Å². The number of rotatable bonds is 8. The minimum Gasteiger partial charge on any atom is -0.494 e. The lowest BCUT2D eigenvalue weighted by molar-refractivity contribution is -0.132. The summed E-state index contributed by atoms with van der Waals surface area (Å²) in [7, 11) is 0. The van der Waals surface area contributed by atoms with Crippen LogP contribution in [0.25, 0.3) is 11.4 Å². The molecule has 1 N–H and O–H groups in total. The Morgan fingerprint density at radius 3 is 2.52 bits per heavy atom. The number of hydrogen-bond donors (Lipinski definition) is 1. The highest BCUT2D eigenvalue weighted by Gasteiger charge is 2.24. The molecule has 0 bridgehead atoms. The number of piperidine rings is 1. The van der Waals surface area contributed by atoms with E-state index in [9.17, 15) is 9.59 Å². The lowest BCUT2D eigenvalue weighted by atomic mass is 9.96. The maximum absolute atomic E-state index is 12.6. The van der Waals surface area contributed by atoms with E-state index in [0.717, 1.165) is 24.2 Å². The molecule has 2 aromatic rings. The van der Waals surface area contributed by atoms with Crippen molar-refractivity contribution in [3.05, 3.63) is 30.2 Å². The molecule has 0 atom stereocenters. The maximum atomic E-state index is 12.6. The molecular formula is C24H34N4O5. The van der Waals surface area contributed by atoms with E-state index in [1.165, 1.54) is 0 Å². The predicted molar refractivity (Wildman–Crippen MR) is 123 cm³/mol. The van der Waals surface area contributed by atoms with E-state index in [-0.39, 0.29) is 5.91 Å². The van der Waals surface area contributed by atoms with Gasteiger partial charge in [-0.15, -0.1) is 0 Å². The van der Waals surface area contributed by atoms with Crippen LogP contribution in [0.3, 0.4) is 0 Å². The first kappa shape index (κ1) is 24.5. The predicted octanol–water partition coefficient (Wildman–Crippen LogP) is 3.83. The van der Waals surface area contributed by atoms with Crippen LogP contribution in [0.5, 0.6) is 5.75 Å². The van der Waals surface area contributed by atoms with Gasteiger partial charge in [-0.1, -0.05) is 5.16 Å². The van der Waals surface area contributed by atoms with E-state index in [4.69, 9.17) is 14.0 Å². The van der Waals surface area contributed by atoms with Gasteiger partial charge in [0.15, 0.2) is 0 Å². The highest BCUT2D eigenvalue weighted by molar-refractivity contribution is 5.76. The van der Waals surface area contributed by atoms with Gasteiger partial charge in [-0.2, -0.15) is 4.98 Å². The minimum absolute atomic E-state index is 0.0781. The van der Waals surface area contributed by atoms with Crippen molar-refractivity contribution in [1.29, 1.82) is 0 Å². The molecule has 33 heavy (non-hydrogen) atoms. The summed E-state index contributed by atoms with van der Waals surface area (Å²) in [6.45, 7) is 9.99. The minimum atomic E-state index is -0.507. The summed E-state index contributed by atoms with van der Waals surface area (Å²) in [6, 6.07) is 7.50. The van der Waals surface area contributed by atoms with Gasteiger partial charge in [0.2, 0.25) is 17.6 Å². The summed E-state index contributed by atoms with van der Waals surface area (Å²) >= 11 is 0. The van der Waals surface area contributed by atoms with Crippen LogP contribution in [-0.4, -0.2) is 58.9 Å². The molecule has 0 aliphatic carbocycles. The van der Waals surface area contributed by atoms with Crippen molar-refractivity contribution in [2.45, 2.75) is 59.0 Å². The number of carbonyl (C=O) groups is 2. The number of hydrogen-bond acceptors (Lipinski definition) is 7. The Labute approximate surface area is 194 Å². The number of alkyl carbamates (subject to hydrolysis) is 1. The summed E-state index contributed by atoms with van der Waals surface area (Å²) in [5.41, 5.74) is 0.328. The number of aromatic nitrogens is 2. The number of carbonyl (C=O) groups excluding carboxylic acids is 2. The van der Waals surface area contributed by atoms with Crippen molar-refractivity contribution >= 4 is 12.0 Å². The highest BCUT2D eigenvalue weighted by Crippen LogP contribution is 2.21. The van der Waals surface area contributed by atoms with Crippen molar-refractivity contribution in [3.8, 4) is 17.1 Å². The van der Waals surface area contributed by atoms with Crippen molar-refractivity contribution in [1.82, 2.24) is 20.4 Å². The van der Waals surface area contributed by atoms with E-state index < -0.39 is 11.7 Å². The van der Waals surface area contributed by atoms with Gasteiger partial charge in [-0.05, 0) is 70.7 Å². The summed E-state index contributed by atoms with van der Waals surface area (Å²) in [5, 5.41) is 6.85. The van der Waals surface area contributed by atoms with Crippen LogP contribution < -0.4 is 10.1 Å². The Morgan fingerprint density at radius 2 is 1.88 bits per heavy atom. The highest BCUT2D eigenvalue weighted by atomic mass is 16.6. The second-order valence-electron chi connectivity index (χ2n) is 9.18. The van der Waals surface area contributed by atoms with E-state index in [0.29, 0.717) is 56.7 Å². The zero-order valence-corrected chi connectivity index (χ0v) is 19.9. The third-order valence-electron chi connectivity index (χ3n) is 5.35. The number of amides is 2. The summed E-state index contributed by atoms with van der Waals surface area (Å²) in [6.07, 6.45) is 2.04. The summed E-state index contributed by atoms with van der Waals surface area (Å²) in [4.78, 5) is 30.7. The Balaban J connectivity index is 1.39. The maximum Gasteiger partial charge on any atom is 0.407 e. The molecule has 0 spiro atoms. The van der Waals surface area contributed by atoms with Crippen LogP contribution in [0, 0.1) is 5.92 Å². The zero-order chi connectivity index (χ0) is 23.8. The molecule has 1 aliphatic heterocycles. The molecule has 1 aliphatic rings. The fourth-order valence-electron chi connectivity index (χ4n) is 3.64. The normalized spacial score (nSPS) is 14.7. The van der Waals surface area contributed by atoms with Crippen LogP contribution in [0.4, 0.5) is 4.79 Å². The summed E-state index contributed by atoms with van der Waals surface area (Å²) < 4.78 is 16.0. The van der Waals surface area contributed by atoms with Crippen LogP contribution in [0.2, 0.25) is 0 Å². The smallest absolute Gasteiger partial charge is 0.407 e. The Morgan fingerprint density at radius 1 is 1.18 bits per heavy atom. The lowest BCUT2D eigenvalue weighted by Crippen LogP contribution is -2.42.